The molecular weight excluding hydrogens is 604 g/mol. The van der Waals surface area contributed by atoms with E-state index in [2.05, 4.69) is 10.2 Å². The number of carboxylic acids is 1. The Kier molecular flexibility index (Phi) is 10.5. The van der Waals surface area contributed by atoms with Crippen LogP contribution in [0.25, 0.3) is 11.1 Å². The summed E-state index contributed by atoms with van der Waals surface area (Å²) in [5.74, 6) is -1.64. The van der Waals surface area contributed by atoms with Gasteiger partial charge in [-0.05, 0) is 66.3 Å². The molecule has 1 heterocycles. The Balaban J connectivity index is 1.63. The molecule has 10 nitrogen and oxygen atoms in total. The number of sulfone groups is 2. The summed E-state index contributed by atoms with van der Waals surface area (Å²) in [4.78, 5) is 27.4. The Morgan fingerprint density at radius 1 is 0.977 bits per heavy atom. The van der Waals surface area contributed by atoms with Gasteiger partial charge in [0.05, 0.1) is 11.0 Å². The van der Waals surface area contributed by atoms with Crippen LogP contribution in [-0.2, 0) is 31.0 Å². The zero-order valence-corrected chi connectivity index (χ0v) is 26.6. The summed E-state index contributed by atoms with van der Waals surface area (Å²) in [7, 11) is -6.72. The standard InChI is InChI=1S/C32H38N2O8S2/c1-22-9-7-8-12-27(22)29-17-23(13-14-28(29)31(35)33-30(32(36)37)15-16-43(2,38)39)19-34-20-26(44(3,40)41)18-24(34)21-42-25-10-5-4-6-11-25/h4-14,17,24,26,30H,15-16,18-21H2,1-3H3,(H,33,35)(H,36,37)/t24-,26-,30-/m0/s1. The largest absolute Gasteiger partial charge is 0.492 e. The molecule has 0 spiro atoms. The second-order valence-corrected chi connectivity index (χ2v) is 16.0. The van der Waals surface area contributed by atoms with Gasteiger partial charge in [-0.2, -0.15) is 0 Å². The van der Waals surface area contributed by atoms with E-state index in [1.54, 1.807) is 12.1 Å². The molecule has 0 unspecified atom stereocenters. The molecule has 3 aromatic rings. The van der Waals surface area contributed by atoms with Crippen molar-refractivity contribution in [1.82, 2.24) is 10.2 Å². The number of benzene rings is 3. The Bertz CT molecular complexity index is 1710. The number of hydrogen-bond donors (Lipinski definition) is 2. The summed E-state index contributed by atoms with van der Waals surface area (Å²) < 4.78 is 54.3. The second kappa shape index (κ2) is 13.9. The van der Waals surface area contributed by atoms with Gasteiger partial charge in [-0.25, -0.2) is 21.6 Å². The fourth-order valence-electron chi connectivity index (χ4n) is 5.37. The Morgan fingerprint density at radius 2 is 1.66 bits per heavy atom. The van der Waals surface area contributed by atoms with Crippen LogP contribution in [0.2, 0.25) is 0 Å². The van der Waals surface area contributed by atoms with E-state index in [4.69, 9.17) is 4.74 Å². The van der Waals surface area contributed by atoms with Gasteiger partial charge in [-0.1, -0.05) is 48.5 Å². The summed E-state index contributed by atoms with van der Waals surface area (Å²) in [6.45, 7) is 2.96. The minimum atomic E-state index is -3.43. The van der Waals surface area contributed by atoms with Gasteiger partial charge in [0.25, 0.3) is 5.91 Å². The monoisotopic (exact) mass is 642 g/mol. The fraction of sp³-hybridized carbons (Fsp3) is 0.375. The third kappa shape index (κ3) is 8.90. The van der Waals surface area contributed by atoms with Crippen LogP contribution >= 0.6 is 0 Å². The van der Waals surface area contributed by atoms with Gasteiger partial charge in [-0.15, -0.1) is 0 Å². The van der Waals surface area contributed by atoms with Crippen LogP contribution in [0, 0.1) is 6.92 Å². The van der Waals surface area contributed by atoms with Crippen molar-refractivity contribution in [1.29, 1.82) is 0 Å². The van der Waals surface area contributed by atoms with Crippen molar-refractivity contribution < 1.29 is 36.3 Å². The van der Waals surface area contributed by atoms with Crippen LogP contribution < -0.4 is 10.1 Å². The number of rotatable bonds is 13. The number of para-hydroxylation sites is 1. The van der Waals surface area contributed by atoms with Crippen molar-refractivity contribution in [3.63, 3.8) is 0 Å². The molecule has 2 N–H and O–H groups in total. The van der Waals surface area contributed by atoms with E-state index in [1.807, 2.05) is 67.6 Å². The van der Waals surface area contributed by atoms with Crippen molar-refractivity contribution in [3.05, 3.63) is 89.5 Å². The SMILES string of the molecule is Cc1ccccc1-c1cc(CN2C[C@@H](S(C)(=O)=O)C[C@H]2COc2ccccc2)ccc1C(=O)N[C@@H](CCS(C)(=O)=O)C(=O)O. The molecule has 1 saturated heterocycles. The fourth-order valence-corrected chi connectivity index (χ4v) is 7.07. The van der Waals surface area contributed by atoms with Gasteiger partial charge < -0.3 is 15.2 Å². The Morgan fingerprint density at radius 3 is 2.30 bits per heavy atom. The van der Waals surface area contributed by atoms with Crippen molar-refractivity contribution in [2.45, 2.75) is 43.6 Å². The van der Waals surface area contributed by atoms with E-state index in [0.29, 0.717) is 37.4 Å². The zero-order chi connectivity index (χ0) is 32.1. The molecule has 3 atom stereocenters. The molecule has 3 aromatic carbocycles. The van der Waals surface area contributed by atoms with Gasteiger partial charge in [-0.3, -0.25) is 9.69 Å². The number of aliphatic carboxylic acids is 1. The second-order valence-electron chi connectivity index (χ2n) is 11.4. The topological polar surface area (TPSA) is 147 Å². The summed E-state index contributed by atoms with van der Waals surface area (Å²) in [5, 5.41) is 11.6. The maximum Gasteiger partial charge on any atom is 0.326 e. The Hall–Kier alpha value is -3.74. The van der Waals surface area contributed by atoms with Crippen molar-refractivity contribution in [2.75, 3.05) is 31.4 Å². The first-order valence-electron chi connectivity index (χ1n) is 14.2. The highest BCUT2D eigenvalue weighted by molar-refractivity contribution is 7.91. The van der Waals surface area contributed by atoms with Gasteiger partial charge in [0, 0.05) is 37.2 Å². The molecule has 44 heavy (non-hydrogen) atoms. The average molecular weight is 643 g/mol. The molecule has 1 aliphatic rings. The van der Waals surface area contributed by atoms with Crippen molar-refractivity contribution in [3.8, 4) is 16.9 Å². The number of amides is 1. The van der Waals surface area contributed by atoms with E-state index in [1.165, 1.54) is 6.26 Å². The molecule has 0 bridgehead atoms. The van der Waals surface area contributed by atoms with E-state index < -0.39 is 42.8 Å². The lowest BCUT2D eigenvalue weighted by Gasteiger charge is -2.25. The molecule has 0 radical (unpaired) electrons. The van der Waals surface area contributed by atoms with Crippen molar-refractivity contribution in [2.24, 2.45) is 0 Å². The van der Waals surface area contributed by atoms with E-state index in [9.17, 15) is 31.5 Å². The molecule has 4 rings (SSSR count). The molecule has 1 fully saturated rings. The molecule has 0 aromatic heterocycles. The van der Waals surface area contributed by atoms with Gasteiger partial charge in [0.2, 0.25) is 0 Å². The first-order valence-corrected chi connectivity index (χ1v) is 18.2. The number of nitrogens with zero attached hydrogens (tertiary/aromatic N) is 1. The number of aryl methyl sites for hydroxylation is 1. The van der Waals surface area contributed by atoms with E-state index >= 15 is 0 Å². The van der Waals surface area contributed by atoms with E-state index in [0.717, 1.165) is 22.9 Å². The molecular formula is C32H38N2O8S2. The van der Waals surface area contributed by atoms with Crippen LogP contribution in [-0.4, -0.2) is 87.5 Å². The molecule has 12 heteroatoms. The molecule has 1 amide bonds. The number of carbonyl (C=O) groups excluding carboxylic acids is 1. The summed E-state index contributed by atoms with van der Waals surface area (Å²) in [5.41, 5.74) is 3.35. The predicted molar refractivity (Wildman–Crippen MR) is 169 cm³/mol. The highest BCUT2D eigenvalue weighted by Gasteiger charge is 2.38. The zero-order valence-electron chi connectivity index (χ0n) is 25.0. The van der Waals surface area contributed by atoms with Crippen molar-refractivity contribution >= 4 is 31.6 Å². The lowest BCUT2D eigenvalue weighted by Crippen LogP contribution is -2.42. The lowest BCUT2D eigenvalue weighted by atomic mass is 9.93. The molecule has 0 aliphatic carbocycles. The highest BCUT2D eigenvalue weighted by atomic mass is 32.2. The first-order chi connectivity index (χ1) is 20.7. The number of ether oxygens (including phenoxy) is 1. The number of likely N-dealkylation sites (tertiary alicyclic amines) is 1. The third-order valence-electron chi connectivity index (χ3n) is 7.81. The Labute approximate surface area is 258 Å². The lowest BCUT2D eigenvalue weighted by molar-refractivity contribution is -0.139. The minimum absolute atomic E-state index is 0.161. The summed E-state index contributed by atoms with van der Waals surface area (Å²) >= 11 is 0. The molecule has 0 saturated carbocycles. The number of nitrogens with one attached hydrogen (secondary N) is 1. The van der Waals surface area contributed by atoms with Crippen LogP contribution in [0.3, 0.4) is 0 Å². The van der Waals surface area contributed by atoms with Crippen LogP contribution in [0.1, 0.15) is 34.3 Å². The maximum atomic E-state index is 13.5. The number of carboxylic acid groups (broad SMARTS) is 1. The number of hydrogen-bond acceptors (Lipinski definition) is 8. The minimum Gasteiger partial charge on any atom is -0.492 e. The first kappa shape index (κ1) is 33.2. The molecule has 236 valence electrons. The average Bonchev–Trinajstić information content (AvgIpc) is 3.37. The maximum absolute atomic E-state index is 13.5. The van der Waals surface area contributed by atoms with Gasteiger partial charge in [0.1, 0.15) is 28.2 Å². The van der Waals surface area contributed by atoms with Crippen LogP contribution in [0.5, 0.6) is 5.75 Å². The summed E-state index contributed by atoms with van der Waals surface area (Å²) in [6, 6.07) is 20.5. The molecule has 1 aliphatic heterocycles. The van der Waals surface area contributed by atoms with Crippen LogP contribution in [0.15, 0.2) is 72.8 Å². The van der Waals surface area contributed by atoms with Gasteiger partial charge >= 0.3 is 5.97 Å². The third-order valence-corrected chi connectivity index (χ3v) is 10.3. The van der Waals surface area contributed by atoms with Gasteiger partial charge in [0.15, 0.2) is 9.84 Å². The normalized spacial score (nSPS) is 18.1. The number of carbonyl (C=O) groups is 2. The predicted octanol–water partition coefficient (Wildman–Crippen LogP) is 3.35. The highest BCUT2D eigenvalue weighted by Crippen LogP contribution is 2.31. The quantitative estimate of drug-likeness (QED) is 0.287. The smallest absolute Gasteiger partial charge is 0.326 e. The van der Waals surface area contributed by atoms with E-state index in [-0.39, 0.29) is 23.8 Å². The summed E-state index contributed by atoms with van der Waals surface area (Å²) in [6.07, 6.45) is 2.43. The van der Waals surface area contributed by atoms with Crippen LogP contribution in [0.4, 0.5) is 0 Å².